The maximum absolute atomic E-state index is 12.6. The summed E-state index contributed by atoms with van der Waals surface area (Å²) in [6, 6.07) is 11.0. The first-order valence-electron chi connectivity index (χ1n) is 8.56. The highest BCUT2D eigenvalue weighted by molar-refractivity contribution is 7.16. The highest BCUT2D eigenvalue weighted by atomic mass is 35.5. The second-order valence-corrected chi connectivity index (χ2v) is 7.95. The predicted molar refractivity (Wildman–Crippen MR) is 104 cm³/mol. The molecule has 1 aromatic carbocycles. The summed E-state index contributed by atoms with van der Waals surface area (Å²) in [5.74, 6) is 0.262. The molecular formula is C19H21ClN2O3S. The van der Waals surface area contributed by atoms with E-state index >= 15 is 0 Å². The second kappa shape index (κ2) is 8.10. The van der Waals surface area contributed by atoms with Gasteiger partial charge in [-0.15, -0.1) is 11.3 Å². The number of benzene rings is 1. The zero-order valence-electron chi connectivity index (χ0n) is 14.7. The van der Waals surface area contributed by atoms with Gasteiger partial charge in [-0.25, -0.2) is 0 Å². The lowest BCUT2D eigenvalue weighted by molar-refractivity contribution is -0.126. The van der Waals surface area contributed by atoms with Gasteiger partial charge in [-0.2, -0.15) is 0 Å². The monoisotopic (exact) mass is 392 g/mol. The lowest BCUT2D eigenvalue weighted by Gasteiger charge is -2.18. The van der Waals surface area contributed by atoms with E-state index in [1.54, 1.807) is 4.90 Å². The molecule has 26 heavy (non-hydrogen) atoms. The number of thiophene rings is 1. The topological polar surface area (TPSA) is 58.6 Å². The summed E-state index contributed by atoms with van der Waals surface area (Å²) in [5.41, 5.74) is 0.784. The van der Waals surface area contributed by atoms with Gasteiger partial charge in [0.05, 0.1) is 22.9 Å². The van der Waals surface area contributed by atoms with Gasteiger partial charge in [0.2, 0.25) is 11.8 Å². The predicted octanol–water partition coefficient (Wildman–Crippen LogP) is 4.03. The van der Waals surface area contributed by atoms with Crippen LogP contribution < -0.4 is 15.0 Å². The van der Waals surface area contributed by atoms with Gasteiger partial charge in [-0.05, 0) is 50.2 Å². The Balaban J connectivity index is 1.62. The minimum Gasteiger partial charge on any atom is -0.494 e. The number of rotatable bonds is 6. The van der Waals surface area contributed by atoms with Crippen LogP contribution in [0, 0.1) is 5.92 Å². The summed E-state index contributed by atoms with van der Waals surface area (Å²) in [6.07, 6.45) is 0.219. The van der Waals surface area contributed by atoms with Crippen molar-refractivity contribution in [2.75, 3.05) is 18.1 Å². The molecule has 0 saturated carbocycles. The molecule has 0 aliphatic carbocycles. The SMILES string of the molecule is CCOc1ccc(N2CC(C(=O)NC(C)c3ccc(Cl)s3)CC2=O)cc1. The second-order valence-electron chi connectivity index (χ2n) is 6.20. The van der Waals surface area contributed by atoms with Crippen LogP contribution in [0.4, 0.5) is 5.69 Å². The van der Waals surface area contributed by atoms with Crippen LogP contribution in [0.3, 0.4) is 0 Å². The number of nitrogens with one attached hydrogen (secondary N) is 1. The van der Waals surface area contributed by atoms with Crippen LogP contribution >= 0.6 is 22.9 Å². The van der Waals surface area contributed by atoms with Gasteiger partial charge in [-0.1, -0.05) is 11.6 Å². The number of carbonyl (C=O) groups is 2. The fourth-order valence-corrected chi connectivity index (χ4v) is 4.05. The van der Waals surface area contributed by atoms with Crippen molar-refractivity contribution < 1.29 is 14.3 Å². The summed E-state index contributed by atoms with van der Waals surface area (Å²) in [4.78, 5) is 27.6. The van der Waals surface area contributed by atoms with Crippen molar-refractivity contribution in [1.82, 2.24) is 5.32 Å². The van der Waals surface area contributed by atoms with E-state index in [0.717, 1.165) is 16.3 Å². The van der Waals surface area contributed by atoms with E-state index < -0.39 is 0 Å². The highest BCUT2D eigenvalue weighted by Crippen LogP contribution is 2.29. The smallest absolute Gasteiger partial charge is 0.227 e. The third-order valence-electron chi connectivity index (χ3n) is 4.33. The van der Waals surface area contributed by atoms with Crippen molar-refractivity contribution in [2.24, 2.45) is 5.92 Å². The minimum absolute atomic E-state index is 0.0406. The summed E-state index contributed by atoms with van der Waals surface area (Å²) in [6.45, 7) is 4.82. The zero-order chi connectivity index (χ0) is 18.7. The van der Waals surface area contributed by atoms with Gasteiger partial charge in [-0.3, -0.25) is 9.59 Å². The molecule has 0 radical (unpaired) electrons. The number of amides is 2. The molecule has 1 saturated heterocycles. The molecule has 1 aromatic heterocycles. The summed E-state index contributed by atoms with van der Waals surface area (Å²) in [5, 5.41) is 2.98. The molecule has 138 valence electrons. The molecule has 3 rings (SSSR count). The van der Waals surface area contributed by atoms with Gasteiger partial charge in [0, 0.05) is 23.5 Å². The van der Waals surface area contributed by atoms with Gasteiger partial charge in [0.1, 0.15) is 5.75 Å². The third kappa shape index (κ3) is 4.19. The van der Waals surface area contributed by atoms with E-state index in [4.69, 9.17) is 16.3 Å². The van der Waals surface area contributed by atoms with E-state index in [2.05, 4.69) is 5.32 Å². The van der Waals surface area contributed by atoms with Crippen molar-refractivity contribution >= 4 is 40.4 Å². The molecule has 2 heterocycles. The van der Waals surface area contributed by atoms with Crippen LogP contribution in [-0.4, -0.2) is 25.0 Å². The fourth-order valence-electron chi connectivity index (χ4n) is 2.99. The number of hydrogen-bond acceptors (Lipinski definition) is 4. The third-order valence-corrected chi connectivity index (χ3v) is 5.75. The average molecular weight is 393 g/mol. The van der Waals surface area contributed by atoms with Crippen LogP contribution in [0.15, 0.2) is 36.4 Å². The lowest BCUT2D eigenvalue weighted by Crippen LogP contribution is -2.34. The van der Waals surface area contributed by atoms with Crippen molar-refractivity contribution in [3.63, 3.8) is 0 Å². The first kappa shape index (κ1) is 18.7. The van der Waals surface area contributed by atoms with Gasteiger partial charge in [0.25, 0.3) is 0 Å². The average Bonchev–Trinajstić information content (AvgIpc) is 3.22. The Morgan fingerprint density at radius 3 is 2.69 bits per heavy atom. The Bertz CT molecular complexity index is 790. The minimum atomic E-state index is -0.355. The summed E-state index contributed by atoms with van der Waals surface area (Å²) < 4.78 is 6.11. The first-order valence-corrected chi connectivity index (χ1v) is 9.76. The van der Waals surface area contributed by atoms with Crippen LogP contribution in [0.25, 0.3) is 0 Å². The fraction of sp³-hybridized carbons (Fsp3) is 0.368. The maximum Gasteiger partial charge on any atom is 0.227 e. The Hall–Kier alpha value is -2.05. The number of ether oxygens (including phenoxy) is 1. The van der Waals surface area contributed by atoms with Gasteiger partial charge < -0.3 is 15.0 Å². The van der Waals surface area contributed by atoms with Crippen molar-refractivity contribution in [3.05, 3.63) is 45.6 Å². The molecule has 1 N–H and O–H groups in total. The summed E-state index contributed by atoms with van der Waals surface area (Å²) in [7, 11) is 0. The normalized spacial score (nSPS) is 18.0. The molecule has 2 amide bonds. The van der Waals surface area contributed by atoms with E-state index in [9.17, 15) is 9.59 Å². The molecule has 2 aromatic rings. The number of anilines is 1. The van der Waals surface area contributed by atoms with Crippen LogP contribution in [0.2, 0.25) is 4.34 Å². The van der Waals surface area contributed by atoms with Crippen LogP contribution in [-0.2, 0) is 9.59 Å². The maximum atomic E-state index is 12.6. The Kier molecular flexibility index (Phi) is 5.84. The zero-order valence-corrected chi connectivity index (χ0v) is 16.3. The quantitative estimate of drug-likeness (QED) is 0.807. The van der Waals surface area contributed by atoms with Crippen LogP contribution in [0.5, 0.6) is 5.75 Å². The molecule has 1 aliphatic heterocycles. The molecule has 0 bridgehead atoms. The largest absolute Gasteiger partial charge is 0.494 e. The molecule has 1 fully saturated rings. The van der Waals surface area contributed by atoms with Crippen molar-refractivity contribution in [3.8, 4) is 5.75 Å². The molecule has 7 heteroatoms. The molecular weight excluding hydrogens is 372 g/mol. The molecule has 2 atom stereocenters. The van der Waals surface area contributed by atoms with E-state index in [1.807, 2.05) is 50.2 Å². The lowest BCUT2D eigenvalue weighted by atomic mass is 10.1. The number of hydrogen-bond donors (Lipinski definition) is 1. The van der Waals surface area contributed by atoms with Crippen molar-refractivity contribution in [2.45, 2.75) is 26.3 Å². The Labute approximate surface area is 161 Å². The Morgan fingerprint density at radius 2 is 2.08 bits per heavy atom. The van der Waals surface area contributed by atoms with E-state index in [-0.39, 0.29) is 30.2 Å². The first-order chi connectivity index (χ1) is 12.5. The van der Waals surface area contributed by atoms with Crippen LogP contribution in [0.1, 0.15) is 31.2 Å². The summed E-state index contributed by atoms with van der Waals surface area (Å²) >= 11 is 7.40. The number of nitrogens with zero attached hydrogens (tertiary/aromatic N) is 1. The number of carbonyl (C=O) groups excluding carboxylic acids is 2. The molecule has 2 unspecified atom stereocenters. The van der Waals surface area contributed by atoms with Gasteiger partial charge >= 0.3 is 0 Å². The van der Waals surface area contributed by atoms with E-state index in [1.165, 1.54) is 11.3 Å². The van der Waals surface area contributed by atoms with Crippen molar-refractivity contribution in [1.29, 1.82) is 0 Å². The van der Waals surface area contributed by atoms with E-state index in [0.29, 0.717) is 17.5 Å². The number of halogens is 1. The standard InChI is InChI=1S/C19H21ClN2O3S/c1-3-25-15-6-4-14(5-7-15)22-11-13(10-18(22)23)19(24)21-12(2)16-8-9-17(20)26-16/h4-9,12-13H,3,10-11H2,1-2H3,(H,21,24). The van der Waals surface area contributed by atoms with Gasteiger partial charge in [0.15, 0.2) is 0 Å². The Morgan fingerprint density at radius 1 is 1.35 bits per heavy atom. The molecule has 0 spiro atoms. The molecule has 5 nitrogen and oxygen atoms in total. The highest BCUT2D eigenvalue weighted by Gasteiger charge is 2.35. The molecule has 1 aliphatic rings.